The van der Waals surface area contributed by atoms with E-state index in [1.807, 2.05) is 13.8 Å². The topological polar surface area (TPSA) is 37.3 Å². The van der Waals surface area contributed by atoms with Gasteiger partial charge < -0.3 is 5.11 Å². The molecule has 0 aromatic rings. The van der Waals surface area contributed by atoms with Crippen molar-refractivity contribution in [3.63, 3.8) is 0 Å². The van der Waals surface area contributed by atoms with Gasteiger partial charge >= 0.3 is 0 Å². The van der Waals surface area contributed by atoms with Crippen molar-refractivity contribution in [1.82, 2.24) is 0 Å². The van der Waals surface area contributed by atoms with E-state index in [9.17, 15) is 9.90 Å². The van der Waals surface area contributed by atoms with Crippen molar-refractivity contribution in [2.45, 2.75) is 32.8 Å². The van der Waals surface area contributed by atoms with Crippen LogP contribution in [-0.4, -0.2) is 17.0 Å². The summed E-state index contributed by atoms with van der Waals surface area (Å²) in [5.41, 5.74) is 0. The number of aliphatic hydroxyl groups is 1. The van der Waals surface area contributed by atoms with Crippen LogP contribution >= 0.6 is 0 Å². The Kier molecular flexibility index (Phi) is 2.09. The molecule has 2 unspecified atom stereocenters. The smallest absolute Gasteiger partial charge is 0.138 e. The number of carbonyl (C=O) groups is 1. The van der Waals surface area contributed by atoms with Gasteiger partial charge in [0.15, 0.2) is 0 Å². The number of rotatable bonds is 0. The van der Waals surface area contributed by atoms with Crippen molar-refractivity contribution in [3.05, 3.63) is 0 Å². The molecular formula is C8H14O2. The van der Waals surface area contributed by atoms with Gasteiger partial charge in [-0.2, -0.15) is 0 Å². The van der Waals surface area contributed by atoms with Crippen molar-refractivity contribution < 1.29 is 9.90 Å². The second-order valence-electron chi connectivity index (χ2n) is 3.33. The van der Waals surface area contributed by atoms with E-state index in [2.05, 4.69) is 0 Å². The fraction of sp³-hybridized carbons (Fsp3) is 0.875. The van der Waals surface area contributed by atoms with Gasteiger partial charge in [0, 0.05) is 11.8 Å². The van der Waals surface area contributed by atoms with Gasteiger partial charge in [-0.05, 0) is 12.8 Å². The Morgan fingerprint density at radius 1 is 1.30 bits per heavy atom. The molecule has 1 aliphatic carbocycles. The Bertz CT molecular complexity index is 128. The molecule has 58 valence electrons. The summed E-state index contributed by atoms with van der Waals surface area (Å²) in [6.45, 7) is 3.78. The Labute approximate surface area is 61.2 Å². The summed E-state index contributed by atoms with van der Waals surface area (Å²) in [6.07, 6.45) is 1.06. The maximum absolute atomic E-state index is 11.2. The van der Waals surface area contributed by atoms with E-state index in [0.717, 1.165) is 0 Å². The van der Waals surface area contributed by atoms with E-state index in [-0.39, 0.29) is 17.9 Å². The van der Waals surface area contributed by atoms with Crippen molar-refractivity contribution >= 4 is 5.78 Å². The number of hydrogen-bond acceptors (Lipinski definition) is 2. The van der Waals surface area contributed by atoms with Crippen LogP contribution in [0.2, 0.25) is 0 Å². The quantitative estimate of drug-likeness (QED) is 0.547. The summed E-state index contributed by atoms with van der Waals surface area (Å²) in [6, 6.07) is 0. The highest BCUT2D eigenvalue weighted by Crippen LogP contribution is 2.24. The molecule has 0 amide bonds. The molecule has 1 aliphatic rings. The molecule has 0 aromatic carbocycles. The highest BCUT2D eigenvalue weighted by molar-refractivity contribution is 5.83. The van der Waals surface area contributed by atoms with Gasteiger partial charge in [-0.25, -0.2) is 0 Å². The summed E-state index contributed by atoms with van der Waals surface area (Å²) >= 11 is 0. The highest BCUT2D eigenvalue weighted by Gasteiger charge is 2.29. The maximum atomic E-state index is 11.2. The van der Waals surface area contributed by atoms with Gasteiger partial charge in [0.25, 0.3) is 0 Å². The molecule has 10 heavy (non-hydrogen) atoms. The minimum Gasteiger partial charge on any atom is -0.393 e. The molecule has 1 N–H and O–H groups in total. The fourth-order valence-corrected chi connectivity index (χ4v) is 1.63. The van der Waals surface area contributed by atoms with Crippen LogP contribution in [0.15, 0.2) is 0 Å². The lowest BCUT2D eigenvalue weighted by molar-refractivity contribution is -0.130. The molecule has 0 spiro atoms. The minimum atomic E-state index is -0.248. The first-order valence-electron chi connectivity index (χ1n) is 3.83. The monoisotopic (exact) mass is 142 g/mol. The second kappa shape index (κ2) is 2.70. The third kappa shape index (κ3) is 1.37. The SMILES string of the molecule is CC1CC(O)CC(C)C1=O. The molecule has 0 saturated heterocycles. The minimum absolute atomic E-state index is 0.0683. The Balaban J connectivity index is 2.57. The number of carbonyl (C=O) groups excluding carboxylic acids is 1. The lowest BCUT2D eigenvalue weighted by Crippen LogP contribution is -2.32. The number of hydrogen-bond donors (Lipinski definition) is 1. The van der Waals surface area contributed by atoms with Crippen LogP contribution in [0.1, 0.15) is 26.7 Å². The molecule has 2 atom stereocenters. The average molecular weight is 142 g/mol. The van der Waals surface area contributed by atoms with Crippen molar-refractivity contribution in [2.75, 3.05) is 0 Å². The normalized spacial score (nSPS) is 41.9. The molecule has 2 heteroatoms. The fourth-order valence-electron chi connectivity index (χ4n) is 1.63. The molecule has 0 bridgehead atoms. The van der Waals surface area contributed by atoms with Crippen LogP contribution in [0.5, 0.6) is 0 Å². The van der Waals surface area contributed by atoms with E-state index in [0.29, 0.717) is 18.6 Å². The van der Waals surface area contributed by atoms with E-state index in [1.165, 1.54) is 0 Å². The molecule has 0 aliphatic heterocycles. The summed E-state index contributed by atoms with van der Waals surface area (Å²) in [5, 5.41) is 9.22. The van der Waals surface area contributed by atoms with E-state index < -0.39 is 0 Å². The Morgan fingerprint density at radius 2 is 1.70 bits per heavy atom. The predicted octanol–water partition coefficient (Wildman–Crippen LogP) is 0.982. The summed E-state index contributed by atoms with van der Waals surface area (Å²) in [5.74, 6) is 0.447. The molecular weight excluding hydrogens is 128 g/mol. The van der Waals surface area contributed by atoms with Crippen molar-refractivity contribution in [1.29, 1.82) is 0 Å². The van der Waals surface area contributed by atoms with Gasteiger partial charge in [0.2, 0.25) is 0 Å². The van der Waals surface area contributed by atoms with E-state index >= 15 is 0 Å². The van der Waals surface area contributed by atoms with Crippen LogP contribution in [0.4, 0.5) is 0 Å². The first-order valence-corrected chi connectivity index (χ1v) is 3.83. The summed E-state index contributed by atoms with van der Waals surface area (Å²) in [7, 11) is 0. The second-order valence-corrected chi connectivity index (χ2v) is 3.33. The number of ketones is 1. The zero-order chi connectivity index (χ0) is 7.72. The Morgan fingerprint density at radius 3 is 2.10 bits per heavy atom. The standard InChI is InChI=1S/C8H14O2/c1-5-3-7(9)4-6(2)8(5)10/h5-7,9H,3-4H2,1-2H3. The third-order valence-electron chi connectivity index (χ3n) is 2.22. The van der Waals surface area contributed by atoms with Gasteiger partial charge in [-0.1, -0.05) is 13.8 Å². The van der Waals surface area contributed by atoms with Crippen LogP contribution in [-0.2, 0) is 4.79 Å². The summed E-state index contributed by atoms with van der Waals surface area (Å²) < 4.78 is 0. The first kappa shape index (κ1) is 7.73. The molecule has 2 nitrogen and oxygen atoms in total. The predicted molar refractivity (Wildman–Crippen MR) is 38.6 cm³/mol. The molecule has 1 saturated carbocycles. The van der Waals surface area contributed by atoms with Crippen LogP contribution in [0.25, 0.3) is 0 Å². The van der Waals surface area contributed by atoms with Crippen molar-refractivity contribution in [3.8, 4) is 0 Å². The maximum Gasteiger partial charge on any atom is 0.138 e. The molecule has 1 rings (SSSR count). The van der Waals surface area contributed by atoms with Gasteiger partial charge in [-0.3, -0.25) is 4.79 Å². The van der Waals surface area contributed by atoms with Crippen molar-refractivity contribution in [2.24, 2.45) is 11.8 Å². The van der Waals surface area contributed by atoms with Crippen LogP contribution < -0.4 is 0 Å². The summed E-state index contributed by atoms with van der Waals surface area (Å²) in [4.78, 5) is 11.2. The van der Waals surface area contributed by atoms with Crippen LogP contribution in [0, 0.1) is 11.8 Å². The molecule has 0 heterocycles. The average Bonchev–Trinajstić information content (AvgIpc) is 1.82. The lowest BCUT2D eigenvalue weighted by atomic mass is 9.81. The number of aliphatic hydroxyl groups excluding tert-OH is 1. The zero-order valence-electron chi connectivity index (χ0n) is 6.50. The van der Waals surface area contributed by atoms with E-state index in [1.54, 1.807) is 0 Å². The Hall–Kier alpha value is -0.370. The third-order valence-corrected chi connectivity index (χ3v) is 2.22. The van der Waals surface area contributed by atoms with Crippen LogP contribution in [0.3, 0.4) is 0 Å². The lowest BCUT2D eigenvalue weighted by Gasteiger charge is -2.26. The zero-order valence-corrected chi connectivity index (χ0v) is 6.50. The van der Waals surface area contributed by atoms with Gasteiger partial charge in [0.1, 0.15) is 5.78 Å². The van der Waals surface area contributed by atoms with Gasteiger partial charge in [-0.15, -0.1) is 0 Å². The molecule has 0 aromatic heterocycles. The highest BCUT2D eigenvalue weighted by atomic mass is 16.3. The first-order chi connectivity index (χ1) is 4.61. The van der Waals surface area contributed by atoms with Gasteiger partial charge in [0.05, 0.1) is 6.10 Å². The number of Topliss-reactive ketones (excluding diaryl/α,β-unsaturated/α-hetero) is 1. The molecule has 0 radical (unpaired) electrons. The largest absolute Gasteiger partial charge is 0.393 e. The van der Waals surface area contributed by atoms with E-state index in [4.69, 9.17) is 0 Å². The molecule has 1 fully saturated rings.